The van der Waals surface area contributed by atoms with Crippen molar-refractivity contribution in [3.05, 3.63) is 0 Å². The van der Waals surface area contributed by atoms with Gasteiger partial charge in [0.15, 0.2) is 0 Å². The van der Waals surface area contributed by atoms with Gasteiger partial charge in [-0.05, 0) is 50.5 Å². The van der Waals surface area contributed by atoms with Crippen molar-refractivity contribution < 1.29 is 9.53 Å². The lowest BCUT2D eigenvalue weighted by atomic mass is 10.00. The van der Waals surface area contributed by atoms with Crippen LogP contribution >= 0.6 is 12.4 Å². The zero-order chi connectivity index (χ0) is 14.4. The first-order valence-electron chi connectivity index (χ1n) is 8.28. The van der Waals surface area contributed by atoms with Crippen molar-refractivity contribution in [1.29, 1.82) is 0 Å². The van der Waals surface area contributed by atoms with Crippen molar-refractivity contribution in [3.8, 4) is 0 Å². The summed E-state index contributed by atoms with van der Waals surface area (Å²) in [6.45, 7) is 5.49. The lowest BCUT2D eigenvalue weighted by Gasteiger charge is -2.32. The molecule has 2 rings (SSSR count). The molecule has 0 radical (unpaired) electrons. The Morgan fingerprint density at radius 3 is 2.52 bits per heavy atom. The summed E-state index contributed by atoms with van der Waals surface area (Å²) in [4.78, 5) is 14.3. The topological polar surface area (TPSA) is 55.6 Å². The second-order valence-electron chi connectivity index (χ2n) is 6.58. The predicted octanol–water partition coefficient (Wildman–Crippen LogP) is 2.59. The van der Waals surface area contributed by atoms with Gasteiger partial charge in [-0.2, -0.15) is 0 Å². The van der Waals surface area contributed by atoms with Gasteiger partial charge in [0, 0.05) is 26.1 Å². The van der Waals surface area contributed by atoms with Crippen LogP contribution in [0.15, 0.2) is 0 Å². The van der Waals surface area contributed by atoms with Crippen LogP contribution in [-0.2, 0) is 9.53 Å². The summed E-state index contributed by atoms with van der Waals surface area (Å²) in [5, 5.41) is 0. The molecule has 1 saturated heterocycles. The Morgan fingerprint density at radius 2 is 1.95 bits per heavy atom. The van der Waals surface area contributed by atoms with Crippen LogP contribution in [0.1, 0.15) is 51.9 Å². The van der Waals surface area contributed by atoms with E-state index >= 15 is 0 Å². The summed E-state index contributed by atoms with van der Waals surface area (Å²) in [6, 6.07) is 0. The summed E-state index contributed by atoms with van der Waals surface area (Å²) < 4.78 is 5.78. The average Bonchev–Trinajstić information content (AvgIpc) is 2.85. The van der Waals surface area contributed by atoms with E-state index < -0.39 is 0 Å². The van der Waals surface area contributed by atoms with Crippen molar-refractivity contribution in [2.24, 2.45) is 17.6 Å². The van der Waals surface area contributed by atoms with Crippen LogP contribution in [0, 0.1) is 11.8 Å². The Labute approximate surface area is 135 Å². The van der Waals surface area contributed by atoms with Gasteiger partial charge in [0.05, 0.1) is 6.10 Å². The Morgan fingerprint density at radius 1 is 1.24 bits per heavy atom. The van der Waals surface area contributed by atoms with Gasteiger partial charge in [-0.1, -0.05) is 13.3 Å². The van der Waals surface area contributed by atoms with E-state index in [1.54, 1.807) is 0 Å². The number of likely N-dealkylation sites (tertiary alicyclic amines) is 1. The quantitative estimate of drug-likeness (QED) is 0.766. The molecule has 0 aromatic heterocycles. The minimum absolute atomic E-state index is 0. The fourth-order valence-electron chi connectivity index (χ4n) is 3.49. The molecule has 0 spiro atoms. The third kappa shape index (κ3) is 6.13. The molecule has 1 heterocycles. The summed E-state index contributed by atoms with van der Waals surface area (Å²) in [5.41, 5.74) is 5.46. The highest BCUT2D eigenvalue weighted by atomic mass is 35.5. The third-order valence-corrected chi connectivity index (χ3v) is 4.76. The van der Waals surface area contributed by atoms with E-state index in [1.807, 2.05) is 4.90 Å². The molecule has 2 N–H and O–H groups in total. The predicted molar refractivity (Wildman–Crippen MR) is 87.6 cm³/mol. The Bertz CT molecular complexity index is 307. The Kier molecular flexibility index (Phi) is 8.60. The zero-order valence-corrected chi connectivity index (χ0v) is 14.1. The van der Waals surface area contributed by atoms with Crippen LogP contribution in [-0.4, -0.2) is 43.2 Å². The molecule has 0 aromatic carbocycles. The van der Waals surface area contributed by atoms with Crippen LogP contribution in [0.5, 0.6) is 0 Å². The molecule has 0 aromatic rings. The highest BCUT2D eigenvalue weighted by Gasteiger charge is 2.28. The first-order valence-corrected chi connectivity index (χ1v) is 8.28. The van der Waals surface area contributed by atoms with E-state index in [0.29, 0.717) is 24.5 Å². The first kappa shape index (κ1) is 18.7. The summed E-state index contributed by atoms with van der Waals surface area (Å²) in [5.74, 6) is 1.81. The Hall–Kier alpha value is -0.320. The molecule has 21 heavy (non-hydrogen) atoms. The number of nitrogens with two attached hydrogens (primary N) is 1. The summed E-state index contributed by atoms with van der Waals surface area (Å²) >= 11 is 0. The van der Waals surface area contributed by atoms with Gasteiger partial charge in [-0.15, -0.1) is 12.4 Å². The Balaban J connectivity index is 0.00000220. The number of nitrogens with zero attached hydrogens (tertiary/aromatic N) is 1. The maximum atomic E-state index is 12.3. The molecule has 2 aliphatic rings. The first-order chi connectivity index (χ1) is 9.69. The number of carbonyl (C=O) groups excluding carboxylic acids is 1. The summed E-state index contributed by atoms with van der Waals surface area (Å²) in [6.07, 6.45) is 7.78. The van der Waals surface area contributed by atoms with Gasteiger partial charge < -0.3 is 15.4 Å². The van der Waals surface area contributed by atoms with Gasteiger partial charge >= 0.3 is 0 Å². The minimum atomic E-state index is 0. The van der Waals surface area contributed by atoms with E-state index in [2.05, 4.69) is 6.92 Å². The number of rotatable bonds is 6. The van der Waals surface area contributed by atoms with E-state index in [9.17, 15) is 4.79 Å². The second-order valence-corrected chi connectivity index (χ2v) is 6.58. The van der Waals surface area contributed by atoms with Crippen molar-refractivity contribution in [1.82, 2.24) is 4.90 Å². The number of amides is 1. The molecule has 1 amide bonds. The number of ether oxygens (including phenoxy) is 1. The minimum Gasteiger partial charge on any atom is -0.378 e. The summed E-state index contributed by atoms with van der Waals surface area (Å²) in [7, 11) is 0. The van der Waals surface area contributed by atoms with Gasteiger partial charge in [0.1, 0.15) is 0 Å². The standard InChI is InChI=1S/C16H30N2O2.ClH/c1-13-3-4-14(11-13)12-16(19)18-8-5-15(6-9-18)20-10-2-7-17;/h13-15H,2-12,17H2,1H3;1H. The molecule has 2 unspecified atom stereocenters. The molecule has 0 bridgehead atoms. The molecule has 4 nitrogen and oxygen atoms in total. The van der Waals surface area contributed by atoms with Crippen LogP contribution in [0.3, 0.4) is 0 Å². The van der Waals surface area contributed by atoms with Crippen LogP contribution in [0.4, 0.5) is 0 Å². The van der Waals surface area contributed by atoms with E-state index in [1.165, 1.54) is 19.3 Å². The van der Waals surface area contributed by atoms with Crippen LogP contribution in [0.2, 0.25) is 0 Å². The van der Waals surface area contributed by atoms with E-state index in [4.69, 9.17) is 10.5 Å². The lowest BCUT2D eigenvalue weighted by Crippen LogP contribution is -2.41. The van der Waals surface area contributed by atoms with Crippen molar-refractivity contribution in [2.45, 2.75) is 58.0 Å². The molecule has 2 atom stereocenters. The molecular weight excluding hydrogens is 288 g/mol. The highest BCUT2D eigenvalue weighted by molar-refractivity contribution is 5.85. The number of piperidine rings is 1. The van der Waals surface area contributed by atoms with Crippen molar-refractivity contribution >= 4 is 18.3 Å². The smallest absolute Gasteiger partial charge is 0.222 e. The van der Waals surface area contributed by atoms with Crippen LogP contribution < -0.4 is 5.73 Å². The number of halogens is 1. The number of hydrogen-bond acceptors (Lipinski definition) is 3. The van der Waals surface area contributed by atoms with Gasteiger partial charge in [-0.25, -0.2) is 0 Å². The molecule has 1 saturated carbocycles. The van der Waals surface area contributed by atoms with Crippen molar-refractivity contribution in [2.75, 3.05) is 26.2 Å². The third-order valence-electron chi connectivity index (χ3n) is 4.76. The molecule has 1 aliphatic carbocycles. The maximum Gasteiger partial charge on any atom is 0.222 e. The van der Waals surface area contributed by atoms with Gasteiger partial charge in [-0.3, -0.25) is 4.79 Å². The monoisotopic (exact) mass is 318 g/mol. The molecule has 124 valence electrons. The van der Waals surface area contributed by atoms with E-state index in [-0.39, 0.29) is 12.4 Å². The van der Waals surface area contributed by atoms with Gasteiger partial charge in [0.2, 0.25) is 5.91 Å². The highest BCUT2D eigenvalue weighted by Crippen LogP contribution is 2.33. The SMILES string of the molecule is CC1CCC(CC(=O)N2CCC(OCCCN)CC2)C1.Cl. The maximum absolute atomic E-state index is 12.3. The fourth-order valence-corrected chi connectivity index (χ4v) is 3.49. The van der Waals surface area contributed by atoms with E-state index in [0.717, 1.165) is 51.3 Å². The molecular formula is C16H31ClN2O2. The largest absolute Gasteiger partial charge is 0.378 e. The zero-order valence-electron chi connectivity index (χ0n) is 13.3. The molecule has 1 aliphatic heterocycles. The average molecular weight is 319 g/mol. The molecule has 2 fully saturated rings. The van der Waals surface area contributed by atoms with Crippen LogP contribution in [0.25, 0.3) is 0 Å². The number of hydrogen-bond donors (Lipinski definition) is 1. The fraction of sp³-hybridized carbons (Fsp3) is 0.938. The molecule has 5 heteroatoms. The van der Waals surface area contributed by atoms with Crippen molar-refractivity contribution in [3.63, 3.8) is 0 Å². The number of carbonyl (C=O) groups is 1. The second kappa shape index (κ2) is 9.65. The normalized spacial score (nSPS) is 26.7. The lowest BCUT2D eigenvalue weighted by molar-refractivity contribution is -0.134. The van der Waals surface area contributed by atoms with Gasteiger partial charge in [0.25, 0.3) is 0 Å².